The summed E-state index contributed by atoms with van der Waals surface area (Å²) in [5.41, 5.74) is 3.89. The number of anilines is 2. The predicted molar refractivity (Wildman–Crippen MR) is 113 cm³/mol. The Morgan fingerprint density at radius 1 is 1.00 bits per heavy atom. The van der Waals surface area contributed by atoms with E-state index < -0.39 is 0 Å². The number of hydrogen-bond acceptors (Lipinski definition) is 2. The van der Waals surface area contributed by atoms with Crippen molar-refractivity contribution in [3.63, 3.8) is 0 Å². The summed E-state index contributed by atoms with van der Waals surface area (Å²) < 4.78 is 0. The van der Waals surface area contributed by atoms with E-state index in [0.29, 0.717) is 13.1 Å². The van der Waals surface area contributed by atoms with Crippen molar-refractivity contribution in [2.45, 2.75) is 33.6 Å². The van der Waals surface area contributed by atoms with Gasteiger partial charge in [0.1, 0.15) is 0 Å². The maximum atomic E-state index is 12.7. The molecule has 0 saturated carbocycles. The van der Waals surface area contributed by atoms with Crippen LogP contribution in [0.1, 0.15) is 30.9 Å². The van der Waals surface area contributed by atoms with E-state index in [4.69, 9.17) is 0 Å². The molecule has 0 bridgehead atoms. The minimum atomic E-state index is -0.0840. The molecule has 0 radical (unpaired) electrons. The number of rotatable bonds is 4. The Bertz CT molecular complexity index is 827. The summed E-state index contributed by atoms with van der Waals surface area (Å²) in [5, 5.41) is 6.01. The minimum Gasteiger partial charge on any atom is -0.326 e. The van der Waals surface area contributed by atoms with Crippen molar-refractivity contribution in [1.82, 2.24) is 4.90 Å². The molecule has 1 saturated heterocycles. The van der Waals surface area contributed by atoms with Gasteiger partial charge in [-0.25, -0.2) is 4.79 Å². The number of piperidine rings is 1. The summed E-state index contributed by atoms with van der Waals surface area (Å²) in [7, 11) is 0. The number of hydrogen-bond donors (Lipinski definition) is 2. The van der Waals surface area contributed by atoms with Crippen LogP contribution in [-0.4, -0.2) is 29.9 Å². The Morgan fingerprint density at radius 3 is 2.36 bits per heavy atom. The first-order valence-electron chi connectivity index (χ1n) is 9.93. The van der Waals surface area contributed by atoms with Gasteiger partial charge in [-0.1, -0.05) is 37.3 Å². The molecule has 3 rings (SSSR count). The number of nitrogens with zero attached hydrogens (tertiary/aromatic N) is 1. The highest BCUT2D eigenvalue weighted by atomic mass is 16.2. The van der Waals surface area contributed by atoms with Crippen LogP contribution < -0.4 is 10.6 Å². The first kappa shape index (κ1) is 19.9. The van der Waals surface area contributed by atoms with Crippen LogP contribution in [0.5, 0.6) is 0 Å². The van der Waals surface area contributed by atoms with E-state index in [2.05, 4.69) is 10.6 Å². The summed E-state index contributed by atoms with van der Waals surface area (Å²) in [6.07, 6.45) is 1.67. The number of nitrogens with one attached hydrogen (secondary N) is 2. The Kier molecular flexibility index (Phi) is 6.34. The molecule has 1 atom stereocenters. The Morgan fingerprint density at radius 2 is 1.68 bits per heavy atom. The number of amides is 3. The van der Waals surface area contributed by atoms with Gasteiger partial charge in [0, 0.05) is 30.4 Å². The van der Waals surface area contributed by atoms with Gasteiger partial charge < -0.3 is 15.5 Å². The van der Waals surface area contributed by atoms with Gasteiger partial charge in [0.25, 0.3) is 0 Å². The first-order valence-corrected chi connectivity index (χ1v) is 9.93. The van der Waals surface area contributed by atoms with Crippen molar-refractivity contribution in [3.05, 3.63) is 59.7 Å². The van der Waals surface area contributed by atoms with Crippen molar-refractivity contribution in [2.75, 3.05) is 23.7 Å². The van der Waals surface area contributed by atoms with Crippen molar-refractivity contribution >= 4 is 23.3 Å². The number of likely N-dealkylation sites (tertiary alicyclic amines) is 1. The molecule has 0 spiro atoms. The molecule has 0 aromatic heterocycles. The predicted octanol–water partition coefficient (Wildman–Crippen LogP) is 4.82. The van der Waals surface area contributed by atoms with Crippen LogP contribution in [-0.2, 0) is 4.79 Å². The van der Waals surface area contributed by atoms with Gasteiger partial charge in [0.15, 0.2) is 0 Å². The number of aryl methyl sites for hydroxylation is 2. The molecule has 0 aliphatic carbocycles. The lowest BCUT2D eigenvalue weighted by Crippen LogP contribution is -2.43. The Balaban J connectivity index is 1.51. The Hall–Kier alpha value is -2.82. The summed E-state index contributed by atoms with van der Waals surface area (Å²) >= 11 is 0. The van der Waals surface area contributed by atoms with E-state index in [1.807, 2.05) is 74.2 Å². The molecule has 0 unspecified atom stereocenters. The van der Waals surface area contributed by atoms with Crippen LogP contribution in [0.25, 0.3) is 0 Å². The van der Waals surface area contributed by atoms with Crippen LogP contribution in [0.4, 0.5) is 16.2 Å². The van der Waals surface area contributed by atoms with Gasteiger partial charge in [0.2, 0.25) is 5.91 Å². The average molecular weight is 380 g/mol. The molecule has 5 nitrogen and oxygen atoms in total. The molecular weight excluding hydrogens is 350 g/mol. The van der Waals surface area contributed by atoms with Crippen molar-refractivity contribution in [3.8, 4) is 0 Å². The smallest absolute Gasteiger partial charge is 0.321 e. The van der Waals surface area contributed by atoms with E-state index in [0.717, 1.165) is 35.3 Å². The second kappa shape index (κ2) is 8.91. The largest absolute Gasteiger partial charge is 0.326 e. The third-order valence-electron chi connectivity index (χ3n) is 5.62. The fraction of sp³-hybridized carbons (Fsp3) is 0.391. The number of para-hydroxylation sites is 1. The molecule has 28 heavy (non-hydrogen) atoms. The van der Waals surface area contributed by atoms with E-state index in [1.165, 1.54) is 0 Å². The number of benzene rings is 2. The molecule has 2 N–H and O–H groups in total. The highest BCUT2D eigenvalue weighted by Gasteiger charge is 2.30. The summed E-state index contributed by atoms with van der Waals surface area (Å²) in [4.78, 5) is 27.0. The van der Waals surface area contributed by atoms with E-state index in [1.54, 1.807) is 0 Å². The molecule has 148 valence electrons. The molecule has 1 fully saturated rings. The normalized spacial score (nSPS) is 15.8. The third-order valence-corrected chi connectivity index (χ3v) is 5.62. The monoisotopic (exact) mass is 379 g/mol. The second-order valence-electron chi connectivity index (χ2n) is 7.72. The quantitative estimate of drug-likeness (QED) is 0.800. The number of carbonyl (C=O) groups excluding carboxylic acids is 2. The molecular formula is C23H29N3O2. The van der Waals surface area contributed by atoms with Crippen LogP contribution in [0.3, 0.4) is 0 Å². The average Bonchev–Trinajstić information content (AvgIpc) is 2.71. The summed E-state index contributed by atoms with van der Waals surface area (Å²) in [5.74, 6) is 0.256. The zero-order valence-corrected chi connectivity index (χ0v) is 16.9. The highest BCUT2D eigenvalue weighted by Crippen LogP contribution is 2.27. The van der Waals surface area contributed by atoms with Gasteiger partial charge in [-0.3, -0.25) is 4.79 Å². The SMILES string of the molecule is Cc1ccc(C)c(NC(=O)[C@@H](C)C2CCN(C(=O)Nc3ccccc3)CC2)c1. The summed E-state index contributed by atoms with van der Waals surface area (Å²) in [6, 6.07) is 15.5. The number of urea groups is 1. The zero-order valence-electron chi connectivity index (χ0n) is 16.9. The molecule has 5 heteroatoms. The van der Waals surface area contributed by atoms with Crippen LogP contribution in [0.2, 0.25) is 0 Å². The van der Waals surface area contributed by atoms with E-state index in [-0.39, 0.29) is 23.8 Å². The molecule has 1 heterocycles. The molecule has 1 aliphatic rings. The van der Waals surface area contributed by atoms with Crippen LogP contribution in [0, 0.1) is 25.7 Å². The van der Waals surface area contributed by atoms with Gasteiger partial charge >= 0.3 is 6.03 Å². The molecule has 2 aromatic rings. The maximum absolute atomic E-state index is 12.7. The zero-order chi connectivity index (χ0) is 20.1. The van der Waals surface area contributed by atoms with E-state index >= 15 is 0 Å². The lowest BCUT2D eigenvalue weighted by molar-refractivity contribution is -0.121. The van der Waals surface area contributed by atoms with Crippen LogP contribution in [0.15, 0.2) is 48.5 Å². The number of carbonyl (C=O) groups is 2. The van der Waals surface area contributed by atoms with E-state index in [9.17, 15) is 9.59 Å². The lowest BCUT2D eigenvalue weighted by Gasteiger charge is -2.34. The second-order valence-corrected chi connectivity index (χ2v) is 7.72. The van der Waals surface area contributed by atoms with Crippen molar-refractivity contribution < 1.29 is 9.59 Å². The highest BCUT2D eigenvalue weighted by molar-refractivity contribution is 5.93. The minimum absolute atomic E-state index is 0.0564. The fourth-order valence-corrected chi connectivity index (χ4v) is 3.66. The fourth-order valence-electron chi connectivity index (χ4n) is 3.66. The van der Waals surface area contributed by atoms with Crippen LogP contribution >= 0.6 is 0 Å². The molecule has 3 amide bonds. The van der Waals surface area contributed by atoms with Crippen molar-refractivity contribution in [1.29, 1.82) is 0 Å². The lowest BCUT2D eigenvalue weighted by atomic mass is 9.85. The molecule has 2 aromatic carbocycles. The Labute approximate surface area is 167 Å². The van der Waals surface area contributed by atoms with Gasteiger partial charge in [-0.05, 0) is 61.9 Å². The first-order chi connectivity index (χ1) is 13.4. The van der Waals surface area contributed by atoms with Gasteiger partial charge in [0.05, 0.1) is 0 Å². The van der Waals surface area contributed by atoms with Crippen molar-refractivity contribution in [2.24, 2.45) is 11.8 Å². The third kappa shape index (κ3) is 4.91. The van der Waals surface area contributed by atoms with Gasteiger partial charge in [-0.15, -0.1) is 0 Å². The maximum Gasteiger partial charge on any atom is 0.321 e. The standard InChI is InChI=1S/C23H29N3O2/c1-16-9-10-17(2)21(15-16)25-22(27)18(3)19-11-13-26(14-12-19)23(28)24-20-7-5-4-6-8-20/h4-10,15,18-19H,11-14H2,1-3H3,(H,24,28)(H,25,27)/t18-/m0/s1. The summed E-state index contributed by atoms with van der Waals surface area (Å²) in [6.45, 7) is 7.36. The van der Waals surface area contributed by atoms with Gasteiger partial charge in [-0.2, -0.15) is 0 Å². The topological polar surface area (TPSA) is 61.4 Å². The molecule has 1 aliphatic heterocycles.